The molecule has 0 spiro atoms. The molecule has 0 saturated heterocycles. The minimum atomic E-state index is 0.688. The van der Waals surface area contributed by atoms with E-state index in [0.29, 0.717) is 6.41 Å². The van der Waals surface area contributed by atoms with Gasteiger partial charge in [-0.2, -0.15) is 0 Å². The molecule has 3 nitrogen and oxygen atoms in total. The number of carbonyl (C=O) groups is 1. The van der Waals surface area contributed by atoms with Gasteiger partial charge in [0.15, 0.2) is 0 Å². The van der Waals surface area contributed by atoms with Crippen LogP contribution < -0.4 is 0 Å². The molecule has 0 radical (unpaired) electrons. The first-order valence-corrected chi connectivity index (χ1v) is 1.86. The molecular formula is C4H4N2O. The number of rotatable bonds is 1. The molecule has 36 valence electrons. The van der Waals surface area contributed by atoms with Gasteiger partial charge in [0, 0.05) is 12.4 Å². The van der Waals surface area contributed by atoms with Gasteiger partial charge in [-0.05, 0) is 0 Å². The molecule has 3 heteroatoms. The Labute approximate surface area is 40.6 Å². The maximum Gasteiger partial charge on any atom is 0.218 e. The van der Waals surface area contributed by atoms with Crippen LogP contribution in [0.1, 0.15) is 0 Å². The van der Waals surface area contributed by atoms with Gasteiger partial charge in [0.2, 0.25) is 6.41 Å². The van der Waals surface area contributed by atoms with Gasteiger partial charge < -0.3 is 0 Å². The molecule has 0 aliphatic carbocycles. The summed E-state index contributed by atoms with van der Waals surface area (Å²) in [5.41, 5.74) is 0. The molecule has 0 aliphatic heterocycles. The Morgan fingerprint density at radius 1 is 1.71 bits per heavy atom. The minimum absolute atomic E-state index is 0.688. The maximum absolute atomic E-state index is 9.79. The van der Waals surface area contributed by atoms with Gasteiger partial charge in [-0.3, -0.25) is 9.36 Å². The number of hydrogen-bond donors (Lipinski definition) is 0. The van der Waals surface area contributed by atoms with E-state index in [9.17, 15) is 4.79 Å². The van der Waals surface area contributed by atoms with Crippen molar-refractivity contribution in [1.29, 1.82) is 0 Å². The lowest BCUT2D eigenvalue weighted by atomic mass is 10.9. The van der Waals surface area contributed by atoms with Gasteiger partial charge in [0.05, 0.1) is 0 Å². The molecule has 0 atom stereocenters. The molecule has 1 aromatic rings. The quantitative estimate of drug-likeness (QED) is 0.458. The van der Waals surface area contributed by atoms with Gasteiger partial charge >= 0.3 is 0 Å². The van der Waals surface area contributed by atoms with Crippen LogP contribution >= 0.6 is 0 Å². The van der Waals surface area contributed by atoms with Crippen molar-refractivity contribution in [2.45, 2.75) is 0 Å². The van der Waals surface area contributed by atoms with E-state index in [-0.39, 0.29) is 0 Å². The van der Waals surface area contributed by atoms with Crippen molar-refractivity contribution < 1.29 is 4.79 Å². The SMILES string of the molecule is O=Cn1ccnc1. The molecule has 0 aromatic carbocycles. The average Bonchev–Trinajstić information content (AvgIpc) is 2.14. The van der Waals surface area contributed by atoms with Crippen LogP contribution in [-0.4, -0.2) is 16.0 Å². The highest BCUT2D eigenvalue weighted by molar-refractivity contribution is 5.50. The first kappa shape index (κ1) is 4.05. The zero-order valence-corrected chi connectivity index (χ0v) is 3.61. The topological polar surface area (TPSA) is 34.9 Å². The van der Waals surface area contributed by atoms with Crippen LogP contribution in [0.15, 0.2) is 18.7 Å². The highest BCUT2D eigenvalue weighted by Gasteiger charge is 1.76. The summed E-state index contributed by atoms with van der Waals surface area (Å²) in [5.74, 6) is 0. The highest BCUT2D eigenvalue weighted by Crippen LogP contribution is 1.74. The lowest BCUT2D eigenvalue weighted by Gasteiger charge is -1.75. The Kier molecular flexibility index (Phi) is 0.898. The Morgan fingerprint density at radius 3 is 2.86 bits per heavy atom. The third-order valence-electron chi connectivity index (χ3n) is 0.647. The summed E-state index contributed by atoms with van der Waals surface area (Å²) in [6.07, 6.45) is 5.25. The first-order chi connectivity index (χ1) is 3.43. The summed E-state index contributed by atoms with van der Waals surface area (Å²) in [4.78, 5) is 13.4. The molecule has 0 saturated carbocycles. The number of aromatic nitrogens is 2. The van der Waals surface area contributed by atoms with Crippen LogP contribution in [-0.2, 0) is 4.79 Å². The summed E-state index contributed by atoms with van der Waals surface area (Å²) in [6, 6.07) is 0. The van der Waals surface area contributed by atoms with E-state index < -0.39 is 0 Å². The van der Waals surface area contributed by atoms with Crippen LogP contribution in [0.3, 0.4) is 0 Å². The fourth-order valence-electron chi connectivity index (χ4n) is 0.332. The maximum atomic E-state index is 9.79. The van der Waals surface area contributed by atoms with Crippen LogP contribution in [0.4, 0.5) is 0 Å². The van der Waals surface area contributed by atoms with E-state index in [0.717, 1.165) is 0 Å². The van der Waals surface area contributed by atoms with Gasteiger partial charge in [0.25, 0.3) is 0 Å². The molecule has 1 heterocycles. The highest BCUT2D eigenvalue weighted by atomic mass is 16.1. The Morgan fingerprint density at radius 2 is 2.57 bits per heavy atom. The molecule has 0 amide bonds. The Balaban J connectivity index is 2.96. The van der Waals surface area contributed by atoms with E-state index in [2.05, 4.69) is 4.98 Å². The standard InChI is InChI=1S/C4H4N2O/c7-4-6-2-1-5-3-6/h1-4H. The van der Waals surface area contributed by atoms with Crippen LogP contribution in [0, 0.1) is 0 Å². The van der Waals surface area contributed by atoms with Crippen molar-refractivity contribution in [3.63, 3.8) is 0 Å². The van der Waals surface area contributed by atoms with Crippen molar-refractivity contribution in [3.8, 4) is 0 Å². The third kappa shape index (κ3) is 0.652. The molecule has 0 unspecified atom stereocenters. The van der Waals surface area contributed by atoms with Crippen molar-refractivity contribution >= 4 is 6.41 Å². The van der Waals surface area contributed by atoms with E-state index in [1.165, 1.54) is 10.9 Å². The van der Waals surface area contributed by atoms with Crippen LogP contribution in [0.5, 0.6) is 0 Å². The van der Waals surface area contributed by atoms with Gasteiger partial charge in [-0.25, -0.2) is 4.98 Å². The predicted octanol–water partition coefficient (Wildman–Crippen LogP) is -0.0786. The van der Waals surface area contributed by atoms with Gasteiger partial charge in [-0.15, -0.1) is 0 Å². The Bertz CT molecular complexity index is 145. The molecule has 7 heavy (non-hydrogen) atoms. The number of carbonyl (C=O) groups excluding carboxylic acids is 1. The molecule has 0 bridgehead atoms. The zero-order valence-electron chi connectivity index (χ0n) is 3.61. The van der Waals surface area contributed by atoms with E-state index in [1.54, 1.807) is 12.4 Å². The largest absolute Gasteiger partial charge is 0.279 e. The average molecular weight is 96.1 g/mol. The smallest absolute Gasteiger partial charge is 0.218 e. The van der Waals surface area contributed by atoms with E-state index in [4.69, 9.17) is 0 Å². The third-order valence-corrected chi connectivity index (χ3v) is 0.647. The van der Waals surface area contributed by atoms with Crippen molar-refractivity contribution in [3.05, 3.63) is 18.7 Å². The van der Waals surface area contributed by atoms with Crippen LogP contribution in [0.25, 0.3) is 0 Å². The molecule has 1 aromatic heterocycles. The number of hydrogen-bond acceptors (Lipinski definition) is 2. The van der Waals surface area contributed by atoms with Crippen molar-refractivity contribution in [2.24, 2.45) is 0 Å². The minimum Gasteiger partial charge on any atom is -0.279 e. The lowest BCUT2D eigenvalue weighted by Crippen LogP contribution is -1.86. The number of imidazole rings is 1. The zero-order chi connectivity index (χ0) is 5.11. The number of nitrogens with zero attached hydrogens (tertiary/aromatic N) is 2. The first-order valence-electron chi connectivity index (χ1n) is 1.86. The van der Waals surface area contributed by atoms with Crippen molar-refractivity contribution in [1.82, 2.24) is 9.55 Å². The summed E-state index contributed by atoms with van der Waals surface area (Å²) in [5, 5.41) is 0. The molecule has 0 N–H and O–H groups in total. The second-order valence-corrected chi connectivity index (χ2v) is 1.12. The fraction of sp³-hybridized carbons (Fsp3) is 0. The molecule has 0 fully saturated rings. The lowest BCUT2D eigenvalue weighted by molar-refractivity contribution is 0.547. The second-order valence-electron chi connectivity index (χ2n) is 1.12. The monoisotopic (exact) mass is 96.0 g/mol. The van der Waals surface area contributed by atoms with Crippen LogP contribution in [0.2, 0.25) is 0 Å². The van der Waals surface area contributed by atoms with E-state index in [1.807, 2.05) is 0 Å². The molecule has 0 aliphatic rings. The summed E-state index contributed by atoms with van der Waals surface area (Å²) >= 11 is 0. The Hall–Kier alpha value is -1.12. The second kappa shape index (κ2) is 1.55. The molecule has 1 rings (SSSR count). The fourth-order valence-corrected chi connectivity index (χ4v) is 0.332. The summed E-state index contributed by atoms with van der Waals surface area (Å²) in [7, 11) is 0. The summed E-state index contributed by atoms with van der Waals surface area (Å²) < 4.78 is 1.33. The van der Waals surface area contributed by atoms with Crippen molar-refractivity contribution in [2.75, 3.05) is 0 Å². The van der Waals surface area contributed by atoms with Gasteiger partial charge in [-0.1, -0.05) is 0 Å². The normalized spacial score (nSPS) is 8.57. The predicted molar refractivity (Wildman–Crippen MR) is 24.4 cm³/mol. The molecular weight excluding hydrogens is 92.1 g/mol. The van der Waals surface area contributed by atoms with Gasteiger partial charge in [0.1, 0.15) is 6.33 Å². The summed E-state index contributed by atoms with van der Waals surface area (Å²) in [6.45, 7) is 0. The van der Waals surface area contributed by atoms with E-state index >= 15 is 0 Å².